The average Bonchev–Trinajstić information content (AvgIpc) is 3.40. The summed E-state index contributed by atoms with van der Waals surface area (Å²) in [4.78, 5) is 31.2. The van der Waals surface area contributed by atoms with Gasteiger partial charge in [-0.05, 0) is 52.7 Å². The number of hydrogen-bond acceptors (Lipinski definition) is 6. The highest BCUT2D eigenvalue weighted by atomic mass is 32.1. The lowest BCUT2D eigenvalue weighted by Gasteiger charge is -2.11. The number of benzene rings is 4. The molecular formula is C28H18N2O4S. The molecule has 0 saturated carbocycles. The van der Waals surface area contributed by atoms with E-state index in [0.29, 0.717) is 26.6 Å². The summed E-state index contributed by atoms with van der Waals surface area (Å²) in [6.07, 6.45) is 1.79. The van der Waals surface area contributed by atoms with E-state index in [1.807, 2.05) is 60.7 Å². The quantitative estimate of drug-likeness (QED) is 0.268. The second-order valence-electron chi connectivity index (χ2n) is 7.96. The summed E-state index contributed by atoms with van der Waals surface area (Å²) >= 11 is 1.33. The third-order valence-electron chi connectivity index (χ3n) is 5.84. The van der Waals surface area contributed by atoms with Crippen LogP contribution < -0.4 is 19.6 Å². The Labute approximate surface area is 203 Å². The number of carbonyl (C=O) groups excluding carboxylic acids is 1. The molecule has 35 heavy (non-hydrogen) atoms. The summed E-state index contributed by atoms with van der Waals surface area (Å²) in [5.74, 6) is 0.230. The number of ether oxygens (including phenoxy) is 2. The first-order valence-electron chi connectivity index (χ1n) is 10.9. The van der Waals surface area contributed by atoms with Crippen LogP contribution in [0.4, 0.5) is 0 Å². The van der Waals surface area contributed by atoms with Gasteiger partial charge < -0.3 is 9.47 Å². The first-order valence-corrected chi connectivity index (χ1v) is 11.7. The molecule has 2 heterocycles. The second-order valence-corrected chi connectivity index (χ2v) is 8.97. The summed E-state index contributed by atoms with van der Waals surface area (Å²) in [7, 11) is 1.51. The van der Waals surface area contributed by atoms with Crippen molar-refractivity contribution in [3.63, 3.8) is 0 Å². The number of aromatic nitrogens is 2. The van der Waals surface area contributed by atoms with E-state index < -0.39 is 5.97 Å². The number of thiazole rings is 1. The molecule has 0 aliphatic rings. The van der Waals surface area contributed by atoms with Crippen LogP contribution in [-0.4, -0.2) is 22.5 Å². The van der Waals surface area contributed by atoms with Crippen LogP contribution in [-0.2, 0) is 0 Å². The van der Waals surface area contributed by atoms with Crippen LogP contribution in [0, 0.1) is 0 Å². The van der Waals surface area contributed by atoms with Crippen molar-refractivity contribution in [2.24, 2.45) is 0 Å². The Morgan fingerprint density at radius 2 is 1.74 bits per heavy atom. The molecule has 0 fully saturated rings. The van der Waals surface area contributed by atoms with Crippen LogP contribution in [0.2, 0.25) is 0 Å². The lowest BCUT2D eigenvalue weighted by atomic mass is 10.0. The number of nitrogens with zero attached hydrogens (tertiary/aromatic N) is 2. The number of esters is 1. The van der Waals surface area contributed by atoms with Gasteiger partial charge in [0.15, 0.2) is 16.5 Å². The summed E-state index contributed by atoms with van der Waals surface area (Å²) in [6.45, 7) is 0. The minimum atomic E-state index is -0.468. The van der Waals surface area contributed by atoms with E-state index in [1.54, 1.807) is 34.7 Å². The Bertz CT molecular complexity index is 1860. The van der Waals surface area contributed by atoms with Gasteiger partial charge in [-0.25, -0.2) is 14.2 Å². The van der Waals surface area contributed by atoms with Gasteiger partial charge in [0.1, 0.15) is 0 Å². The lowest BCUT2D eigenvalue weighted by Crippen LogP contribution is -2.22. The normalized spacial score (nSPS) is 12.0. The molecule has 6 aromatic rings. The summed E-state index contributed by atoms with van der Waals surface area (Å²) in [5.41, 5.74) is 2.69. The van der Waals surface area contributed by atoms with Gasteiger partial charge in [-0.1, -0.05) is 65.9 Å². The summed E-state index contributed by atoms with van der Waals surface area (Å²) in [5, 5.41) is 1.78. The molecule has 0 bridgehead atoms. The van der Waals surface area contributed by atoms with E-state index >= 15 is 0 Å². The van der Waals surface area contributed by atoms with Crippen molar-refractivity contribution in [3.8, 4) is 11.5 Å². The van der Waals surface area contributed by atoms with Crippen LogP contribution in [0.5, 0.6) is 11.5 Å². The van der Waals surface area contributed by atoms with Gasteiger partial charge in [-0.3, -0.25) is 4.79 Å². The predicted molar refractivity (Wildman–Crippen MR) is 138 cm³/mol. The van der Waals surface area contributed by atoms with E-state index in [4.69, 9.17) is 9.47 Å². The molecule has 0 unspecified atom stereocenters. The molecule has 0 amide bonds. The summed E-state index contributed by atoms with van der Waals surface area (Å²) in [6, 6.07) is 25.9. The average molecular weight is 479 g/mol. The zero-order valence-corrected chi connectivity index (χ0v) is 19.4. The van der Waals surface area contributed by atoms with Gasteiger partial charge in [0.05, 0.1) is 28.2 Å². The molecule has 0 aliphatic heterocycles. The van der Waals surface area contributed by atoms with Crippen LogP contribution in [0.3, 0.4) is 0 Å². The maximum atomic E-state index is 13.0. The van der Waals surface area contributed by atoms with Gasteiger partial charge in [0.2, 0.25) is 0 Å². The van der Waals surface area contributed by atoms with Crippen LogP contribution in [0.1, 0.15) is 15.9 Å². The first kappa shape index (κ1) is 21.1. The minimum Gasteiger partial charge on any atom is -0.493 e. The van der Waals surface area contributed by atoms with Gasteiger partial charge in [-0.15, -0.1) is 0 Å². The van der Waals surface area contributed by atoms with Crippen molar-refractivity contribution >= 4 is 50.1 Å². The molecule has 170 valence electrons. The lowest BCUT2D eigenvalue weighted by molar-refractivity contribution is 0.0732. The number of methoxy groups -OCH3 is 1. The van der Waals surface area contributed by atoms with Crippen molar-refractivity contribution in [2.45, 2.75) is 0 Å². The molecule has 0 spiro atoms. The number of fused-ring (bicyclic) bond motifs is 4. The van der Waals surface area contributed by atoms with E-state index in [1.165, 1.54) is 18.4 Å². The predicted octanol–water partition coefficient (Wildman–Crippen LogP) is 4.84. The minimum absolute atomic E-state index is 0.121. The molecule has 4 aromatic carbocycles. The molecule has 6 rings (SSSR count). The highest BCUT2D eigenvalue weighted by Gasteiger charge is 2.16. The third-order valence-corrected chi connectivity index (χ3v) is 6.81. The summed E-state index contributed by atoms with van der Waals surface area (Å²) < 4.78 is 13.4. The highest BCUT2D eigenvalue weighted by Crippen LogP contribution is 2.30. The highest BCUT2D eigenvalue weighted by molar-refractivity contribution is 7.15. The number of carbonyl (C=O) groups is 1. The largest absolute Gasteiger partial charge is 0.493 e. The fraction of sp³-hybridized carbons (Fsp3) is 0.0357. The zero-order chi connectivity index (χ0) is 23.9. The first-order chi connectivity index (χ1) is 17.1. The molecule has 0 aliphatic carbocycles. The second kappa shape index (κ2) is 8.38. The Balaban J connectivity index is 1.35. The molecule has 2 aromatic heterocycles. The number of imidazole rings is 1. The Morgan fingerprint density at radius 3 is 2.63 bits per heavy atom. The molecule has 0 atom stereocenters. The molecule has 0 radical (unpaired) electrons. The number of hydrogen-bond donors (Lipinski definition) is 0. The Morgan fingerprint density at radius 1 is 0.943 bits per heavy atom. The third kappa shape index (κ3) is 3.62. The maximum absolute atomic E-state index is 13.0. The van der Waals surface area contributed by atoms with Crippen molar-refractivity contribution in [1.82, 2.24) is 9.38 Å². The van der Waals surface area contributed by atoms with E-state index in [-0.39, 0.29) is 5.56 Å². The zero-order valence-electron chi connectivity index (χ0n) is 18.6. The Hall–Kier alpha value is -4.49. The maximum Gasteiger partial charge on any atom is 0.344 e. The van der Waals surface area contributed by atoms with E-state index in [0.717, 1.165) is 27.4 Å². The molecule has 7 heteroatoms. The SMILES string of the molecule is COc1cc(/C=c2\sc3nc4ccccc4n3c2=O)ccc1OC(=O)c1cccc2ccccc12. The van der Waals surface area contributed by atoms with Crippen molar-refractivity contribution in [2.75, 3.05) is 7.11 Å². The molecule has 0 saturated heterocycles. The van der Waals surface area contributed by atoms with Gasteiger partial charge in [-0.2, -0.15) is 0 Å². The molecule has 6 nitrogen and oxygen atoms in total. The topological polar surface area (TPSA) is 69.9 Å². The van der Waals surface area contributed by atoms with Crippen LogP contribution in [0.15, 0.2) is 89.7 Å². The number of rotatable bonds is 4. The van der Waals surface area contributed by atoms with E-state index in [2.05, 4.69) is 4.98 Å². The standard InChI is InChI=1S/C28H18N2O4S/c1-33-24-15-17(16-25-26(31)30-22-12-5-4-11-21(22)29-28(30)35-25)13-14-23(24)34-27(32)20-10-6-8-18-7-2-3-9-19(18)20/h2-16H,1H3/b25-16-. The van der Waals surface area contributed by atoms with Gasteiger partial charge in [0.25, 0.3) is 5.56 Å². The molecule has 0 N–H and O–H groups in total. The monoisotopic (exact) mass is 478 g/mol. The Kier molecular flexibility index (Phi) is 5.04. The smallest absolute Gasteiger partial charge is 0.344 e. The van der Waals surface area contributed by atoms with Crippen LogP contribution in [0.25, 0.3) is 32.8 Å². The van der Waals surface area contributed by atoms with Crippen molar-refractivity contribution < 1.29 is 14.3 Å². The fourth-order valence-corrected chi connectivity index (χ4v) is 5.17. The fourth-order valence-electron chi connectivity index (χ4n) is 4.18. The molecular weight excluding hydrogens is 460 g/mol. The van der Waals surface area contributed by atoms with E-state index in [9.17, 15) is 9.59 Å². The van der Waals surface area contributed by atoms with Gasteiger partial charge in [0, 0.05) is 0 Å². The van der Waals surface area contributed by atoms with Gasteiger partial charge >= 0.3 is 5.97 Å². The van der Waals surface area contributed by atoms with Crippen LogP contribution >= 0.6 is 11.3 Å². The van der Waals surface area contributed by atoms with Crippen molar-refractivity contribution in [3.05, 3.63) is 111 Å². The number of para-hydroxylation sites is 2. The van der Waals surface area contributed by atoms with Crippen molar-refractivity contribution in [1.29, 1.82) is 0 Å².